The number of nitrogens with one attached hydrogen (secondary N) is 2. The first-order chi connectivity index (χ1) is 13.4. The maximum absolute atomic E-state index is 5.35. The lowest BCUT2D eigenvalue weighted by Crippen LogP contribution is -2.37. The summed E-state index contributed by atoms with van der Waals surface area (Å²) < 4.78 is 0. The molecule has 0 radical (unpaired) electrons. The van der Waals surface area contributed by atoms with Crippen molar-refractivity contribution in [1.82, 2.24) is 25.6 Å². The highest BCUT2D eigenvalue weighted by atomic mass is 32.1. The van der Waals surface area contributed by atoms with E-state index in [0.717, 1.165) is 49.0 Å². The molecule has 7 nitrogen and oxygen atoms in total. The smallest absolute Gasteiger partial charge is 0.189 e. The van der Waals surface area contributed by atoms with E-state index < -0.39 is 0 Å². The summed E-state index contributed by atoms with van der Waals surface area (Å²) in [6, 6.07) is 5.75. The maximum atomic E-state index is 5.35. The molecule has 28 heavy (non-hydrogen) atoms. The van der Waals surface area contributed by atoms with Crippen LogP contribution in [0.1, 0.15) is 52.9 Å². The summed E-state index contributed by atoms with van der Waals surface area (Å²) in [4.78, 5) is 8.69. The monoisotopic (exact) mass is 421 g/mol. The van der Waals surface area contributed by atoms with E-state index in [4.69, 9.17) is 24.4 Å². The van der Waals surface area contributed by atoms with Gasteiger partial charge >= 0.3 is 0 Å². The fourth-order valence-electron chi connectivity index (χ4n) is 2.38. The van der Waals surface area contributed by atoms with Gasteiger partial charge in [-0.25, -0.2) is 4.98 Å². The van der Waals surface area contributed by atoms with Crippen LogP contribution in [-0.2, 0) is 0 Å². The van der Waals surface area contributed by atoms with E-state index in [-0.39, 0.29) is 0 Å². The van der Waals surface area contributed by atoms with Gasteiger partial charge in [0.25, 0.3) is 0 Å². The van der Waals surface area contributed by atoms with Crippen LogP contribution < -0.4 is 10.9 Å². The van der Waals surface area contributed by atoms with Crippen LogP contribution in [0, 0.1) is 0 Å². The quantitative estimate of drug-likeness (QED) is 0.380. The van der Waals surface area contributed by atoms with Crippen molar-refractivity contribution in [2.24, 2.45) is 10.2 Å². The molecule has 0 fully saturated rings. The minimum absolute atomic E-state index is 0.604. The number of rotatable bonds is 8. The molecule has 154 valence electrons. The number of thiocarbonyl (C=S) groups is 2. The zero-order valence-corrected chi connectivity index (χ0v) is 19.2. The number of nitrogens with zero attached hydrogens (tertiary/aromatic N) is 5. The predicted octanol–water partition coefficient (Wildman–Crippen LogP) is 2.96. The molecule has 1 aromatic heterocycles. The standard InChI is InChI=1S/C19H31N7S2/c1-7-25(8-2)18(27)23-21-14(5)16-12-11-13-17(20-16)15(6)22-24-19(28)26(9-3)10-4/h11-13H,7-10H2,1-6H3,(H,23,27)(H,24,28)/b21-14-,22-15-. The van der Waals surface area contributed by atoms with Gasteiger partial charge in [0.2, 0.25) is 0 Å². The molecule has 1 rings (SSSR count). The van der Waals surface area contributed by atoms with Crippen LogP contribution >= 0.6 is 24.4 Å². The van der Waals surface area contributed by atoms with Crippen molar-refractivity contribution in [3.05, 3.63) is 29.6 Å². The molecule has 0 aliphatic carbocycles. The first kappa shape index (κ1) is 23.9. The van der Waals surface area contributed by atoms with E-state index in [0.29, 0.717) is 10.2 Å². The second kappa shape index (κ2) is 12.4. The van der Waals surface area contributed by atoms with Gasteiger partial charge in [-0.1, -0.05) is 6.07 Å². The van der Waals surface area contributed by atoms with Gasteiger partial charge in [-0.05, 0) is 78.1 Å². The lowest BCUT2D eigenvalue weighted by molar-refractivity contribution is 0.458. The van der Waals surface area contributed by atoms with Crippen LogP contribution in [0.2, 0.25) is 0 Å². The molecule has 0 unspecified atom stereocenters. The molecule has 0 spiro atoms. The first-order valence-corrected chi connectivity index (χ1v) is 10.4. The van der Waals surface area contributed by atoms with Gasteiger partial charge in [0.15, 0.2) is 10.2 Å². The Kier molecular flexibility index (Phi) is 10.5. The number of pyridine rings is 1. The average Bonchev–Trinajstić information content (AvgIpc) is 2.72. The molecule has 2 N–H and O–H groups in total. The Bertz CT molecular complexity index is 665. The minimum Gasteiger partial charge on any atom is -0.348 e. The van der Waals surface area contributed by atoms with Crippen molar-refractivity contribution in [2.45, 2.75) is 41.5 Å². The van der Waals surface area contributed by atoms with Gasteiger partial charge in [0, 0.05) is 26.2 Å². The van der Waals surface area contributed by atoms with Gasteiger partial charge in [0.05, 0.1) is 22.8 Å². The Balaban J connectivity index is 2.87. The Hall–Kier alpha value is -2.13. The molecule has 0 amide bonds. The van der Waals surface area contributed by atoms with Crippen LogP contribution in [0.5, 0.6) is 0 Å². The number of aromatic nitrogens is 1. The summed E-state index contributed by atoms with van der Waals surface area (Å²) in [5, 5.41) is 9.95. The van der Waals surface area contributed by atoms with Crippen molar-refractivity contribution in [3.63, 3.8) is 0 Å². The van der Waals surface area contributed by atoms with Gasteiger partial charge in [0.1, 0.15) is 0 Å². The predicted molar refractivity (Wildman–Crippen MR) is 126 cm³/mol. The summed E-state index contributed by atoms with van der Waals surface area (Å²) in [6.45, 7) is 15.4. The summed E-state index contributed by atoms with van der Waals surface area (Å²) in [6.07, 6.45) is 0. The van der Waals surface area contributed by atoms with Crippen LogP contribution in [0.25, 0.3) is 0 Å². The molecule has 0 aliphatic heterocycles. The SMILES string of the molecule is CCN(CC)C(=S)N/N=C(/C)c1cccc(/C(C)=N\NC(=S)N(CC)CC)n1. The normalized spacial score (nSPS) is 11.8. The van der Waals surface area contributed by atoms with E-state index in [1.807, 2.05) is 41.8 Å². The van der Waals surface area contributed by atoms with E-state index in [1.165, 1.54) is 0 Å². The van der Waals surface area contributed by atoms with Crippen LogP contribution in [0.15, 0.2) is 28.4 Å². The Morgan fingerprint density at radius 1 is 0.821 bits per heavy atom. The molecular formula is C19H31N7S2. The first-order valence-electron chi connectivity index (χ1n) is 9.53. The highest BCUT2D eigenvalue weighted by Crippen LogP contribution is 2.03. The number of hydrogen-bond donors (Lipinski definition) is 2. The van der Waals surface area contributed by atoms with Gasteiger partial charge in [-0.2, -0.15) is 10.2 Å². The zero-order chi connectivity index (χ0) is 21.1. The largest absolute Gasteiger partial charge is 0.348 e. The molecule has 0 saturated carbocycles. The third-order valence-electron chi connectivity index (χ3n) is 4.23. The molecular weight excluding hydrogens is 390 g/mol. The van der Waals surface area contributed by atoms with Crippen LogP contribution in [0.3, 0.4) is 0 Å². The lowest BCUT2D eigenvalue weighted by Gasteiger charge is -2.20. The Morgan fingerprint density at radius 2 is 1.18 bits per heavy atom. The second-order valence-corrected chi connectivity index (χ2v) is 6.75. The van der Waals surface area contributed by atoms with Gasteiger partial charge in [-0.15, -0.1) is 0 Å². The van der Waals surface area contributed by atoms with Crippen LogP contribution in [0.4, 0.5) is 0 Å². The molecule has 1 heterocycles. The lowest BCUT2D eigenvalue weighted by atomic mass is 10.2. The molecule has 0 saturated heterocycles. The third kappa shape index (κ3) is 7.12. The van der Waals surface area contributed by atoms with Gasteiger partial charge in [-0.3, -0.25) is 10.9 Å². The molecule has 0 atom stereocenters. The topological polar surface area (TPSA) is 68.2 Å². The van der Waals surface area contributed by atoms with Crippen molar-refractivity contribution in [2.75, 3.05) is 26.2 Å². The second-order valence-electron chi connectivity index (χ2n) is 5.98. The van der Waals surface area contributed by atoms with E-state index in [9.17, 15) is 0 Å². The average molecular weight is 422 g/mol. The number of hydrogen-bond acceptors (Lipinski definition) is 5. The Labute approximate surface area is 179 Å². The Morgan fingerprint density at radius 3 is 1.50 bits per heavy atom. The van der Waals surface area contributed by atoms with Crippen molar-refractivity contribution < 1.29 is 0 Å². The molecule has 9 heteroatoms. The fraction of sp³-hybridized carbons (Fsp3) is 0.526. The highest BCUT2D eigenvalue weighted by molar-refractivity contribution is 7.80. The van der Waals surface area contributed by atoms with E-state index in [1.54, 1.807) is 0 Å². The minimum atomic E-state index is 0.604. The molecule has 0 aliphatic rings. The fourth-order valence-corrected chi connectivity index (χ4v) is 2.99. The summed E-state index contributed by atoms with van der Waals surface area (Å²) in [5.74, 6) is 0. The van der Waals surface area contributed by atoms with Crippen molar-refractivity contribution in [3.8, 4) is 0 Å². The summed E-state index contributed by atoms with van der Waals surface area (Å²) in [7, 11) is 0. The highest BCUT2D eigenvalue weighted by Gasteiger charge is 2.08. The summed E-state index contributed by atoms with van der Waals surface area (Å²) >= 11 is 10.7. The number of hydrazone groups is 2. The van der Waals surface area contributed by atoms with Gasteiger partial charge < -0.3 is 9.80 Å². The van der Waals surface area contributed by atoms with Crippen LogP contribution in [-0.4, -0.2) is 62.6 Å². The van der Waals surface area contributed by atoms with Crippen molar-refractivity contribution >= 4 is 46.1 Å². The summed E-state index contributed by atoms with van der Waals surface area (Å²) in [5.41, 5.74) is 8.88. The van der Waals surface area contributed by atoms with E-state index >= 15 is 0 Å². The van der Waals surface area contributed by atoms with E-state index in [2.05, 4.69) is 53.7 Å². The maximum Gasteiger partial charge on any atom is 0.189 e. The third-order valence-corrected chi connectivity index (χ3v) is 4.93. The molecule has 0 bridgehead atoms. The zero-order valence-electron chi connectivity index (χ0n) is 17.6. The molecule has 0 aromatic carbocycles. The molecule has 1 aromatic rings. The van der Waals surface area contributed by atoms with Crippen molar-refractivity contribution in [1.29, 1.82) is 0 Å².